The molecule has 9 heteroatoms. The number of carboxylic acids is 2. The van der Waals surface area contributed by atoms with E-state index in [9.17, 15) is 14.4 Å². The topological polar surface area (TPSA) is 116 Å². The molecule has 1 unspecified atom stereocenters. The number of benzene rings is 1. The predicted molar refractivity (Wildman–Crippen MR) is 76.9 cm³/mol. The van der Waals surface area contributed by atoms with E-state index in [-0.39, 0.29) is 11.6 Å². The van der Waals surface area contributed by atoms with Gasteiger partial charge in [-0.3, -0.25) is 9.59 Å². The van der Waals surface area contributed by atoms with Crippen LogP contribution in [0, 0.1) is 5.92 Å². The van der Waals surface area contributed by atoms with E-state index in [2.05, 4.69) is 10.6 Å². The zero-order valence-electron chi connectivity index (χ0n) is 10.6. The maximum absolute atomic E-state index is 11.6. The molecule has 1 aromatic rings. The standard InChI is InChI=1S/C12H12Cl2N2O5/c13-8-2-1-7(4-9(8)14)16-12(21)15-5-6(11(19)20)3-10(17)18/h1-2,4,6H,3,5H2,(H,17,18)(H,19,20)(H2,15,16,21). The van der Waals surface area contributed by atoms with E-state index >= 15 is 0 Å². The summed E-state index contributed by atoms with van der Waals surface area (Å²) in [6.45, 7) is -0.311. The lowest BCUT2D eigenvalue weighted by Crippen LogP contribution is -2.36. The van der Waals surface area contributed by atoms with Gasteiger partial charge >= 0.3 is 18.0 Å². The van der Waals surface area contributed by atoms with Gasteiger partial charge in [-0.1, -0.05) is 23.2 Å². The van der Waals surface area contributed by atoms with Crippen molar-refractivity contribution >= 4 is 46.9 Å². The monoisotopic (exact) mass is 334 g/mol. The number of halogens is 2. The molecule has 1 atom stereocenters. The fraction of sp³-hybridized carbons (Fsp3) is 0.250. The van der Waals surface area contributed by atoms with E-state index in [0.29, 0.717) is 10.7 Å². The smallest absolute Gasteiger partial charge is 0.319 e. The van der Waals surface area contributed by atoms with Gasteiger partial charge in [-0.05, 0) is 18.2 Å². The van der Waals surface area contributed by atoms with Crippen LogP contribution in [0.15, 0.2) is 18.2 Å². The van der Waals surface area contributed by atoms with Gasteiger partial charge in [0.2, 0.25) is 0 Å². The zero-order valence-corrected chi connectivity index (χ0v) is 12.1. The summed E-state index contributed by atoms with van der Waals surface area (Å²) in [6, 6.07) is 3.75. The van der Waals surface area contributed by atoms with Gasteiger partial charge in [0.15, 0.2) is 0 Å². The molecule has 0 aromatic heterocycles. The molecule has 0 saturated heterocycles. The van der Waals surface area contributed by atoms with E-state index in [1.54, 1.807) is 0 Å². The Bertz CT molecular complexity index is 565. The Morgan fingerprint density at radius 3 is 2.33 bits per heavy atom. The van der Waals surface area contributed by atoms with Gasteiger partial charge in [-0.25, -0.2) is 4.79 Å². The molecule has 7 nitrogen and oxygen atoms in total. The number of rotatable bonds is 6. The molecule has 1 rings (SSSR count). The van der Waals surface area contributed by atoms with Crippen molar-refractivity contribution in [3.05, 3.63) is 28.2 Å². The number of hydrogen-bond acceptors (Lipinski definition) is 3. The van der Waals surface area contributed by atoms with Crippen LogP contribution < -0.4 is 10.6 Å². The van der Waals surface area contributed by atoms with Gasteiger partial charge < -0.3 is 20.8 Å². The molecule has 0 heterocycles. The number of carbonyl (C=O) groups excluding carboxylic acids is 1. The minimum absolute atomic E-state index is 0.253. The summed E-state index contributed by atoms with van der Waals surface area (Å²) in [6.07, 6.45) is -0.581. The number of amides is 2. The Labute approximate surface area is 129 Å². The molecular weight excluding hydrogens is 323 g/mol. The molecule has 1 aromatic carbocycles. The van der Waals surface area contributed by atoms with Gasteiger partial charge in [-0.15, -0.1) is 0 Å². The van der Waals surface area contributed by atoms with Crippen LogP contribution in [0.5, 0.6) is 0 Å². The van der Waals surface area contributed by atoms with Crippen molar-refractivity contribution in [2.24, 2.45) is 5.92 Å². The first-order chi connectivity index (χ1) is 9.79. The zero-order chi connectivity index (χ0) is 16.0. The average Bonchev–Trinajstić information content (AvgIpc) is 2.38. The Balaban J connectivity index is 2.54. The summed E-state index contributed by atoms with van der Waals surface area (Å²) >= 11 is 11.5. The van der Waals surface area contributed by atoms with Crippen molar-refractivity contribution in [3.63, 3.8) is 0 Å². The highest BCUT2D eigenvalue weighted by Crippen LogP contribution is 2.24. The van der Waals surface area contributed by atoms with Crippen molar-refractivity contribution in [3.8, 4) is 0 Å². The summed E-state index contributed by atoms with van der Waals surface area (Å²) in [5.41, 5.74) is 0.368. The second kappa shape index (κ2) is 7.70. The summed E-state index contributed by atoms with van der Waals surface area (Å²) in [7, 11) is 0. The fourth-order valence-corrected chi connectivity index (χ4v) is 1.72. The highest BCUT2D eigenvalue weighted by atomic mass is 35.5. The molecule has 0 bridgehead atoms. The normalized spacial score (nSPS) is 11.5. The maximum atomic E-state index is 11.6. The van der Waals surface area contributed by atoms with Gasteiger partial charge in [0, 0.05) is 12.2 Å². The van der Waals surface area contributed by atoms with Gasteiger partial charge in [-0.2, -0.15) is 0 Å². The van der Waals surface area contributed by atoms with Gasteiger partial charge in [0.1, 0.15) is 0 Å². The van der Waals surface area contributed by atoms with Crippen molar-refractivity contribution in [2.45, 2.75) is 6.42 Å². The first-order valence-corrected chi connectivity index (χ1v) is 6.49. The van der Waals surface area contributed by atoms with E-state index in [1.165, 1.54) is 18.2 Å². The van der Waals surface area contributed by atoms with Crippen LogP contribution in [0.25, 0.3) is 0 Å². The van der Waals surface area contributed by atoms with Gasteiger partial charge in [0.05, 0.1) is 22.4 Å². The SMILES string of the molecule is O=C(O)CC(CNC(=O)Nc1ccc(Cl)c(Cl)c1)C(=O)O. The maximum Gasteiger partial charge on any atom is 0.319 e. The fourth-order valence-electron chi connectivity index (χ4n) is 1.42. The van der Waals surface area contributed by atoms with Crippen LogP contribution in [0.4, 0.5) is 10.5 Å². The lowest BCUT2D eigenvalue weighted by atomic mass is 10.1. The molecule has 0 radical (unpaired) electrons. The van der Waals surface area contributed by atoms with Crippen LogP contribution in [-0.4, -0.2) is 34.7 Å². The lowest BCUT2D eigenvalue weighted by molar-refractivity contribution is -0.148. The van der Waals surface area contributed by atoms with Crippen molar-refractivity contribution < 1.29 is 24.6 Å². The minimum atomic E-state index is -1.30. The van der Waals surface area contributed by atoms with Crippen LogP contribution in [-0.2, 0) is 9.59 Å². The first kappa shape index (κ1) is 17.1. The largest absolute Gasteiger partial charge is 0.481 e. The Morgan fingerprint density at radius 1 is 1.14 bits per heavy atom. The van der Waals surface area contributed by atoms with Crippen molar-refractivity contribution in [1.82, 2.24) is 5.32 Å². The molecule has 21 heavy (non-hydrogen) atoms. The summed E-state index contributed by atoms with van der Waals surface area (Å²) in [4.78, 5) is 32.9. The molecular formula is C12H12Cl2N2O5. The van der Waals surface area contributed by atoms with Crippen LogP contribution in [0.3, 0.4) is 0 Å². The molecule has 4 N–H and O–H groups in total. The number of urea groups is 1. The third-order valence-electron chi connectivity index (χ3n) is 2.46. The number of carbonyl (C=O) groups is 3. The van der Waals surface area contributed by atoms with Crippen LogP contribution in [0.1, 0.15) is 6.42 Å². The number of carboxylic acid groups (broad SMARTS) is 2. The first-order valence-electron chi connectivity index (χ1n) is 5.74. The Kier molecular flexibility index (Phi) is 6.26. The van der Waals surface area contributed by atoms with E-state index in [4.69, 9.17) is 33.4 Å². The molecule has 0 aliphatic rings. The number of aliphatic carboxylic acids is 2. The second-order valence-electron chi connectivity index (χ2n) is 4.10. The minimum Gasteiger partial charge on any atom is -0.481 e. The van der Waals surface area contributed by atoms with E-state index < -0.39 is 30.3 Å². The molecule has 0 fully saturated rings. The molecule has 114 valence electrons. The number of hydrogen-bond donors (Lipinski definition) is 4. The second-order valence-corrected chi connectivity index (χ2v) is 4.91. The third kappa shape index (κ3) is 5.88. The number of nitrogens with one attached hydrogen (secondary N) is 2. The van der Waals surface area contributed by atoms with Gasteiger partial charge in [0.25, 0.3) is 0 Å². The van der Waals surface area contributed by atoms with Crippen LogP contribution >= 0.6 is 23.2 Å². The third-order valence-corrected chi connectivity index (χ3v) is 3.20. The molecule has 0 saturated carbocycles. The Morgan fingerprint density at radius 2 is 1.81 bits per heavy atom. The highest BCUT2D eigenvalue weighted by molar-refractivity contribution is 6.42. The van der Waals surface area contributed by atoms with Crippen LogP contribution in [0.2, 0.25) is 10.0 Å². The average molecular weight is 335 g/mol. The quantitative estimate of drug-likeness (QED) is 0.637. The summed E-state index contributed by atoms with van der Waals surface area (Å²) in [5.74, 6) is -3.76. The lowest BCUT2D eigenvalue weighted by Gasteiger charge is -2.12. The van der Waals surface area contributed by atoms with Crippen molar-refractivity contribution in [2.75, 3.05) is 11.9 Å². The highest BCUT2D eigenvalue weighted by Gasteiger charge is 2.21. The molecule has 0 aliphatic heterocycles. The summed E-state index contributed by atoms with van der Waals surface area (Å²) < 4.78 is 0. The predicted octanol–water partition coefficient (Wildman–Crippen LogP) is 2.29. The summed E-state index contributed by atoms with van der Waals surface area (Å²) in [5, 5.41) is 22.7. The molecule has 2 amide bonds. The number of anilines is 1. The molecule has 0 aliphatic carbocycles. The Hall–Kier alpha value is -1.99. The van der Waals surface area contributed by atoms with E-state index in [1.807, 2.05) is 0 Å². The molecule has 0 spiro atoms. The van der Waals surface area contributed by atoms with E-state index in [0.717, 1.165) is 0 Å². The van der Waals surface area contributed by atoms with Crippen molar-refractivity contribution in [1.29, 1.82) is 0 Å².